The molecule has 3 rings (SSSR count). The fourth-order valence-corrected chi connectivity index (χ4v) is 3.99. The number of hydrogen-bond acceptors (Lipinski definition) is 4. The van der Waals surface area contributed by atoms with Crippen LogP contribution in [-0.2, 0) is 16.0 Å². The van der Waals surface area contributed by atoms with Gasteiger partial charge in [-0.1, -0.05) is 6.07 Å². The molecule has 1 spiro atoms. The van der Waals surface area contributed by atoms with E-state index in [-0.39, 0.29) is 5.91 Å². The molecule has 0 N–H and O–H groups in total. The van der Waals surface area contributed by atoms with Crippen LogP contribution in [0.3, 0.4) is 0 Å². The first kappa shape index (κ1) is 16.4. The first-order chi connectivity index (χ1) is 11.2. The second-order valence-corrected chi connectivity index (χ2v) is 6.98. The molecule has 2 aliphatic rings. The Labute approximate surface area is 138 Å². The molecule has 0 unspecified atom stereocenters. The lowest BCUT2D eigenvalue weighted by atomic mass is 9.79. The van der Waals surface area contributed by atoms with Crippen LogP contribution in [0.1, 0.15) is 24.8 Å². The molecule has 1 amide bonds. The van der Waals surface area contributed by atoms with E-state index in [1.807, 2.05) is 12.1 Å². The number of carbonyl (C=O) groups excluding carboxylic acids is 1. The number of amides is 1. The maximum atomic E-state index is 12.6. The van der Waals surface area contributed by atoms with Crippen molar-refractivity contribution in [3.63, 3.8) is 0 Å². The normalized spacial score (nSPS) is 25.2. The van der Waals surface area contributed by atoms with Gasteiger partial charge in [0.05, 0.1) is 13.0 Å². The number of nitrogens with zero attached hydrogens (tertiary/aromatic N) is 3. The van der Waals surface area contributed by atoms with Gasteiger partial charge in [0.15, 0.2) is 0 Å². The Hall–Kier alpha value is -1.46. The second kappa shape index (κ2) is 7.41. The van der Waals surface area contributed by atoms with E-state index in [1.165, 1.54) is 12.8 Å². The van der Waals surface area contributed by atoms with E-state index in [4.69, 9.17) is 4.74 Å². The van der Waals surface area contributed by atoms with Crippen LogP contribution >= 0.6 is 0 Å². The van der Waals surface area contributed by atoms with Gasteiger partial charge in [0.1, 0.15) is 0 Å². The lowest BCUT2D eigenvalue weighted by Gasteiger charge is -2.40. The summed E-state index contributed by atoms with van der Waals surface area (Å²) in [5.74, 6) is 0.240. The molecule has 0 aromatic carbocycles. The molecule has 3 heterocycles. The van der Waals surface area contributed by atoms with Crippen molar-refractivity contribution in [2.45, 2.75) is 25.7 Å². The van der Waals surface area contributed by atoms with Crippen LogP contribution in [-0.4, -0.2) is 67.1 Å². The Kier molecular flexibility index (Phi) is 5.28. The van der Waals surface area contributed by atoms with Crippen molar-refractivity contribution in [3.05, 3.63) is 30.1 Å². The lowest BCUT2D eigenvalue weighted by molar-refractivity contribution is -0.130. The topological polar surface area (TPSA) is 45.7 Å². The molecule has 2 saturated heterocycles. The van der Waals surface area contributed by atoms with Crippen molar-refractivity contribution in [3.8, 4) is 0 Å². The molecule has 2 aliphatic heterocycles. The number of hydrogen-bond donors (Lipinski definition) is 0. The highest BCUT2D eigenvalue weighted by molar-refractivity contribution is 5.79. The lowest BCUT2D eigenvalue weighted by Crippen LogP contribution is -2.46. The molecule has 5 heteroatoms. The van der Waals surface area contributed by atoms with Crippen molar-refractivity contribution in [1.29, 1.82) is 0 Å². The predicted molar refractivity (Wildman–Crippen MR) is 89.1 cm³/mol. The number of piperidine rings is 1. The summed E-state index contributed by atoms with van der Waals surface area (Å²) in [5.41, 5.74) is 1.31. The Balaban J connectivity index is 1.55. The molecule has 1 aromatic heterocycles. The van der Waals surface area contributed by atoms with E-state index >= 15 is 0 Å². The summed E-state index contributed by atoms with van der Waals surface area (Å²) in [6, 6.07) is 3.87. The van der Waals surface area contributed by atoms with E-state index in [9.17, 15) is 4.79 Å². The first-order valence-electron chi connectivity index (χ1n) is 8.59. The molecule has 0 aliphatic carbocycles. The Morgan fingerprint density at radius 3 is 3.04 bits per heavy atom. The standard InChI is InChI=1S/C18H27N3O2/c1-23-11-10-20-8-3-5-18(14-20)6-9-21(15-18)17(22)12-16-4-2-7-19-13-16/h2,4,7,13H,3,5-6,8-12,14-15H2,1H3/t18-/m1/s1. The Morgan fingerprint density at radius 1 is 1.35 bits per heavy atom. The summed E-state index contributed by atoms with van der Waals surface area (Å²) in [6.45, 7) is 5.87. The van der Waals surface area contributed by atoms with Crippen LogP contribution in [0.15, 0.2) is 24.5 Å². The molecule has 1 aromatic rings. The van der Waals surface area contributed by atoms with Crippen LogP contribution in [0, 0.1) is 5.41 Å². The van der Waals surface area contributed by atoms with Crippen molar-refractivity contribution in [2.75, 3.05) is 46.4 Å². The minimum absolute atomic E-state index is 0.240. The fourth-order valence-electron chi connectivity index (χ4n) is 3.99. The molecule has 2 fully saturated rings. The van der Waals surface area contributed by atoms with Gasteiger partial charge >= 0.3 is 0 Å². The highest BCUT2D eigenvalue weighted by Crippen LogP contribution is 2.39. The van der Waals surface area contributed by atoms with Crippen LogP contribution < -0.4 is 0 Å². The quantitative estimate of drug-likeness (QED) is 0.827. The summed E-state index contributed by atoms with van der Waals surface area (Å²) in [5, 5.41) is 0. The molecule has 0 saturated carbocycles. The van der Waals surface area contributed by atoms with Crippen molar-refractivity contribution < 1.29 is 9.53 Å². The third-order valence-electron chi connectivity index (χ3n) is 5.22. The predicted octanol–water partition coefficient (Wildman–Crippen LogP) is 1.58. The van der Waals surface area contributed by atoms with Gasteiger partial charge in [-0.05, 0) is 37.4 Å². The van der Waals surface area contributed by atoms with Crippen molar-refractivity contribution in [2.24, 2.45) is 5.41 Å². The van der Waals surface area contributed by atoms with Crippen LogP contribution in [0.5, 0.6) is 0 Å². The Bertz CT molecular complexity index is 522. The maximum absolute atomic E-state index is 12.6. The van der Waals surface area contributed by atoms with Gasteiger partial charge in [0, 0.05) is 51.1 Å². The summed E-state index contributed by atoms with van der Waals surface area (Å²) < 4.78 is 5.21. The van der Waals surface area contributed by atoms with Gasteiger partial charge in [-0.3, -0.25) is 9.78 Å². The van der Waals surface area contributed by atoms with Crippen molar-refractivity contribution >= 4 is 5.91 Å². The maximum Gasteiger partial charge on any atom is 0.227 e. The third kappa shape index (κ3) is 4.09. The Morgan fingerprint density at radius 2 is 2.26 bits per heavy atom. The van der Waals surface area contributed by atoms with E-state index in [0.717, 1.165) is 51.3 Å². The molecule has 0 bridgehead atoms. The van der Waals surface area contributed by atoms with Crippen molar-refractivity contribution in [1.82, 2.24) is 14.8 Å². The average Bonchev–Trinajstić information content (AvgIpc) is 2.97. The number of aromatic nitrogens is 1. The highest BCUT2D eigenvalue weighted by atomic mass is 16.5. The summed E-state index contributed by atoms with van der Waals surface area (Å²) >= 11 is 0. The molecule has 23 heavy (non-hydrogen) atoms. The highest BCUT2D eigenvalue weighted by Gasteiger charge is 2.42. The second-order valence-electron chi connectivity index (χ2n) is 6.98. The molecule has 5 nitrogen and oxygen atoms in total. The van der Waals surface area contributed by atoms with E-state index < -0.39 is 0 Å². The zero-order chi connectivity index (χ0) is 16.1. The zero-order valence-electron chi connectivity index (χ0n) is 14.0. The summed E-state index contributed by atoms with van der Waals surface area (Å²) in [6.07, 6.45) is 7.61. The van der Waals surface area contributed by atoms with Crippen LogP contribution in [0.2, 0.25) is 0 Å². The fraction of sp³-hybridized carbons (Fsp3) is 0.667. The SMILES string of the molecule is COCCN1CCC[C@@]2(CCN(C(=O)Cc3cccnc3)C2)C1. The zero-order valence-corrected chi connectivity index (χ0v) is 14.0. The molecule has 126 valence electrons. The van der Waals surface area contributed by atoms with E-state index in [1.54, 1.807) is 19.5 Å². The van der Waals surface area contributed by atoms with Gasteiger partial charge in [-0.15, -0.1) is 0 Å². The molecule has 1 atom stereocenters. The van der Waals surface area contributed by atoms with Gasteiger partial charge in [0.2, 0.25) is 5.91 Å². The number of ether oxygens (including phenoxy) is 1. The number of likely N-dealkylation sites (tertiary alicyclic amines) is 2. The third-order valence-corrected chi connectivity index (χ3v) is 5.22. The number of pyridine rings is 1. The minimum atomic E-state index is 0.240. The van der Waals surface area contributed by atoms with Gasteiger partial charge in [-0.2, -0.15) is 0 Å². The largest absolute Gasteiger partial charge is 0.383 e. The van der Waals surface area contributed by atoms with Gasteiger partial charge in [-0.25, -0.2) is 0 Å². The van der Waals surface area contributed by atoms with Gasteiger partial charge < -0.3 is 14.5 Å². The van der Waals surface area contributed by atoms with E-state index in [0.29, 0.717) is 11.8 Å². The van der Waals surface area contributed by atoms with Crippen LogP contribution in [0.25, 0.3) is 0 Å². The average molecular weight is 317 g/mol. The minimum Gasteiger partial charge on any atom is -0.383 e. The smallest absolute Gasteiger partial charge is 0.227 e. The summed E-state index contributed by atoms with van der Waals surface area (Å²) in [7, 11) is 1.76. The van der Waals surface area contributed by atoms with E-state index in [2.05, 4.69) is 14.8 Å². The van der Waals surface area contributed by atoms with Gasteiger partial charge in [0.25, 0.3) is 0 Å². The summed E-state index contributed by atoms with van der Waals surface area (Å²) in [4.78, 5) is 21.2. The molecular formula is C18H27N3O2. The number of carbonyl (C=O) groups is 1. The van der Waals surface area contributed by atoms with Crippen LogP contribution in [0.4, 0.5) is 0 Å². The monoisotopic (exact) mass is 317 g/mol. The number of rotatable bonds is 5. The molecular weight excluding hydrogens is 290 g/mol. The first-order valence-corrected chi connectivity index (χ1v) is 8.59. The molecule has 0 radical (unpaired) electrons. The number of methoxy groups -OCH3 is 1.